The number of carbonyl (C=O) groups is 1. The lowest BCUT2D eigenvalue weighted by atomic mass is 9.95. The van der Waals surface area contributed by atoms with E-state index in [4.69, 9.17) is 37.9 Å². The van der Waals surface area contributed by atoms with Gasteiger partial charge >= 0.3 is 0 Å². The Morgan fingerprint density at radius 2 is 1.76 bits per heavy atom. The zero-order valence-electron chi connectivity index (χ0n) is 22.2. The molecule has 208 valence electrons. The molecule has 0 spiro atoms. The SMILES string of the molecule is O=C(NCCN1CCOCC1)c1ccc(Nc2ncc3c(n2)-c2ccc(Cl)cc2C(c2ccccc2Cl)=NC3)cc1. The largest absolute Gasteiger partial charge is 0.379 e. The molecule has 3 heterocycles. The molecule has 1 aromatic heterocycles. The van der Waals surface area contributed by atoms with E-state index in [1.165, 1.54) is 0 Å². The first-order chi connectivity index (χ1) is 20.0. The number of benzene rings is 3. The standard InChI is InChI=1S/C31H28Cl2N6O2/c32-22-7-10-24-26(17-22)29(25-3-1-2-4-27(25)33)35-18-21-19-36-31(38-28(21)24)37-23-8-5-20(6-9-23)30(40)34-11-12-39-13-15-41-16-14-39/h1-10,17,19H,11-16,18H2,(H,34,40)(H,36,37,38). The van der Waals surface area contributed by atoms with Crippen LogP contribution >= 0.6 is 23.2 Å². The quantitative estimate of drug-likeness (QED) is 0.292. The number of fused-ring (bicyclic) bond motifs is 3. The summed E-state index contributed by atoms with van der Waals surface area (Å²) in [6, 6.07) is 20.6. The minimum atomic E-state index is -0.101. The molecule has 6 rings (SSSR count). The van der Waals surface area contributed by atoms with Crippen LogP contribution in [0.25, 0.3) is 11.3 Å². The predicted octanol–water partition coefficient (Wildman–Crippen LogP) is 5.61. The van der Waals surface area contributed by atoms with Gasteiger partial charge in [-0.15, -0.1) is 0 Å². The highest BCUT2D eigenvalue weighted by Gasteiger charge is 2.22. The number of amides is 1. The molecule has 1 saturated heterocycles. The molecule has 0 radical (unpaired) electrons. The van der Waals surface area contributed by atoms with Crippen LogP contribution in [-0.2, 0) is 11.3 Å². The van der Waals surface area contributed by atoms with Crippen LogP contribution in [0, 0.1) is 0 Å². The summed E-state index contributed by atoms with van der Waals surface area (Å²) < 4.78 is 5.37. The third-order valence-electron chi connectivity index (χ3n) is 7.11. The van der Waals surface area contributed by atoms with Gasteiger partial charge in [-0.05, 0) is 42.5 Å². The maximum atomic E-state index is 12.6. The van der Waals surface area contributed by atoms with Crippen LogP contribution in [-0.4, -0.2) is 65.9 Å². The molecule has 41 heavy (non-hydrogen) atoms. The van der Waals surface area contributed by atoms with Gasteiger partial charge in [0.15, 0.2) is 0 Å². The summed E-state index contributed by atoms with van der Waals surface area (Å²) in [7, 11) is 0. The topological polar surface area (TPSA) is 91.7 Å². The van der Waals surface area contributed by atoms with Crippen molar-refractivity contribution in [3.63, 3.8) is 0 Å². The van der Waals surface area contributed by atoms with Crippen molar-refractivity contribution in [3.8, 4) is 11.3 Å². The van der Waals surface area contributed by atoms with E-state index in [-0.39, 0.29) is 5.91 Å². The van der Waals surface area contributed by atoms with E-state index in [9.17, 15) is 4.79 Å². The Labute approximate surface area is 248 Å². The van der Waals surface area contributed by atoms with E-state index in [0.29, 0.717) is 34.6 Å². The number of aliphatic imine (C=N–C) groups is 1. The average molecular weight is 588 g/mol. The molecule has 0 saturated carbocycles. The van der Waals surface area contributed by atoms with Crippen molar-refractivity contribution >= 4 is 46.5 Å². The second kappa shape index (κ2) is 12.4. The second-order valence-corrected chi connectivity index (χ2v) is 10.7. The van der Waals surface area contributed by atoms with Crippen LogP contribution in [0.4, 0.5) is 11.6 Å². The molecule has 0 atom stereocenters. The summed E-state index contributed by atoms with van der Waals surface area (Å²) in [6.45, 7) is 5.09. The fourth-order valence-corrected chi connectivity index (χ4v) is 5.35. The molecule has 0 unspecified atom stereocenters. The molecule has 1 amide bonds. The number of morpholine rings is 1. The highest BCUT2D eigenvalue weighted by Crippen LogP contribution is 2.35. The van der Waals surface area contributed by atoms with Crippen LogP contribution in [0.2, 0.25) is 10.0 Å². The number of ether oxygens (including phenoxy) is 1. The second-order valence-electron chi connectivity index (χ2n) is 9.81. The summed E-state index contributed by atoms with van der Waals surface area (Å²) in [5.74, 6) is 0.337. The Balaban J connectivity index is 1.19. The molecule has 3 aromatic carbocycles. The minimum absolute atomic E-state index is 0.101. The third kappa shape index (κ3) is 6.26. The van der Waals surface area contributed by atoms with Gasteiger partial charge < -0.3 is 15.4 Å². The van der Waals surface area contributed by atoms with E-state index in [2.05, 4.69) is 20.5 Å². The molecule has 2 aliphatic rings. The number of rotatable bonds is 7. The smallest absolute Gasteiger partial charge is 0.251 e. The summed E-state index contributed by atoms with van der Waals surface area (Å²) in [4.78, 5) is 29.2. The number of nitrogens with one attached hydrogen (secondary N) is 2. The van der Waals surface area contributed by atoms with Crippen molar-refractivity contribution in [1.29, 1.82) is 0 Å². The third-order valence-corrected chi connectivity index (χ3v) is 7.68. The lowest BCUT2D eigenvalue weighted by Crippen LogP contribution is -2.41. The monoisotopic (exact) mass is 586 g/mol. The lowest BCUT2D eigenvalue weighted by Gasteiger charge is -2.26. The maximum absolute atomic E-state index is 12.6. The van der Waals surface area contributed by atoms with Crippen LogP contribution in [0.5, 0.6) is 0 Å². The number of nitrogens with zero attached hydrogens (tertiary/aromatic N) is 4. The lowest BCUT2D eigenvalue weighted by molar-refractivity contribution is 0.0383. The molecule has 1 fully saturated rings. The molecular formula is C31H28Cl2N6O2. The number of halogens is 2. The number of carbonyl (C=O) groups excluding carboxylic acids is 1. The first kappa shape index (κ1) is 27.4. The van der Waals surface area contributed by atoms with Gasteiger partial charge in [0, 0.05) is 75.9 Å². The summed E-state index contributed by atoms with van der Waals surface area (Å²) in [5, 5.41) is 7.47. The minimum Gasteiger partial charge on any atom is -0.379 e. The fourth-order valence-electron chi connectivity index (χ4n) is 4.96. The van der Waals surface area contributed by atoms with Gasteiger partial charge in [-0.3, -0.25) is 14.7 Å². The van der Waals surface area contributed by atoms with Crippen molar-refractivity contribution in [2.75, 3.05) is 44.7 Å². The molecule has 2 N–H and O–H groups in total. The maximum Gasteiger partial charge on any atom is 0.251 e. The van der Waals surface area contributed by atoms with Crippen molar-refractivity contribution in [1.82, 2.24) is 20.2 Å². The van der Waals surface area contributed by atoms with Gasteiger partial charge in [-0.2, -0.15) is 0 Å². The molecular weight excluding hydrogens is 559 g/mol. The van der Waals surface area contributed by atoms with Gasteiger partial charge in [0.1, 0.15) is 0 Å². The van der Waals surface area contributed by atoms with Gasteiger partial charge in [-0.25, -0.2) is 9.97 Å². The van der Waals surface area contributed by atoms with Crippen LogP contribution in [0.3, 0.4) is 0 Å². The van der Waals surface area contributed by atoms with Gasteiger partial charge in [-0.1, -0.05) is 47.5 Å². The van der Waals surface area contributed by atoms with Crippen LogP contribution < -0.4 is 10.6 Å². The normalized spacial score (nSPS) is 14.8. The van der Waals surface area contributed by atoms with Crippen LogP contribution in [0.15, 0.2) is 77.9 Å². The fraction of sp³-hybridized carbons (Fsp3) is 0.226. The number of hydrogen-bond donors (Lipinski definition) is 2. The van der Waals surface area contributed by atoms with E-state index < -0.39 is 0 Å². The number of anilines is 2. The Morgan fingerprint density at radius 1 is 0.951 bits per heavy atom. The number of aromatic nitrogens is 2. The summed E-state index contributed by atoms with van der Waals surface area (Å²) in [6.07, 6.45) is 1.79. The van der Waals surface area contributed by atoms with E-state index in [0.717, 1.165) is 72.2 Å². The van der Waals surface area contributed by atoms with E-state index in [1.807, 2.05) is 54.6 Å². The Bertz CT molecular complexity index is 1600. The Hall–Kier alpha value is -3.82. The highest BCUT2D eigenvalue weighted by atomic mass is 35.5. The van der Waals surface area contributed by atoms with E-state index >= 15 is 0 Å². The Morgan fingerprint density at radius 3 is 2.56 bits per heavy atom. The van der Waals surface area contributed by atoms with Crippen molar-refractivity contribution in [2.45, 2.75) is 6.54 Å². The zero-order valence-corrected chi connectivity index (χ0v) is 23.8. The van der Waals surface area contributed by atoms with Crippen molar-refractivity contribution < 1.29 is 9.53 Å². The summed E-state index contributed by atoms with van der Waals surface area (Å²) >= 11 is 13.0. The molecule has 10 heteroatoms. The molecule has 0 bridgehead atoms. The Kier molecular flexibility index (Phi) is 8.25. The molecule has 4 aromatic rings. The molecule has 0 aliphatic carbocycles. The summed E-state index contributed by atoms with van der Waals surface area (Å²) in [5.41, 5.74) is 6.39. The first-order valence-corrected chi connectivity index (χ1v) is 14.2. The average Bonchev–Trinajstić information content (AvgIpc) is 3.14. The van der Waals surface area contributed by atoms with Gasteiger partial charge in [0.2, 0.25) is 5.95 Å². The molecule has 2 aliphatic heterocycles. The van der Waals surface area contributed by atoms with Crippen LogP contribution in [0.1, 0.15) is 27.0 Å². The van der Waals surface area contributed by atoms with Gasteiger partial charge in [0.05, 0.1) is 31.2 Å². The van der Waals surface area contributed by atoms with E-state index in [1.54, 1.807) is 18.3 Å². The highest BCUT2D eigenvalue weighted by molar-refractivity contribution is 6.36. The van der Waals surface area contributed by atoms with Crippen molar-refractivity contribution in [2.24, 2.45) is 4.99 Å². The predicted molar refractivity (Wildman–Crippen MR) is 163 cm³/mol. The molecule has 8 nitrogen and oxygen atoms in total. The first-order valence-electron chi connectivity index (χ1n) is 13.5. The zero-order chi connectivity index (χ0) is 28.2. The van der Waals surface area contributed by atoms with Crippen molar-refractivity contribution in [3.05, 3.63) is 105 Å². The number of hydrogen-bond acceptors (Lipinski definition) is 7. The van der Waals surface area contributed by atoms with Gasteiger partial charge in [0.25, 0.3) is 5.91 Å².